The summed E-state index contributed by atoms with van der Waals surface area (Å²) in [5, 5.41) is 14.0. The van der Waals surface area contributed by atoms with Gasteiger partial charge in [0.25, 0.3) is 0 Å². The molecule has 0 bridgehead atoms. The predicted molar refractivity (Wildman–Crippen MR) is 83.2 cm³/mol. The van der Waals surface area contributed by atoms with Gasteiger partial charge in [0.15, 0.2) is 0 Å². The van der Waals surface area contributed by atoms with E-state index in [1.54, 1.807) is 12.1 Å². The van der Waals surface area contributed by atoms with E-state index < -0.39 is 23.7 Å². The van der Waals surface area contributed by atoms with Gasteiger partial charge in [-0.1, -0.05) is 11.1 Å². The highest BCUT2D eigenvalue weighted by atomic mass is 16.4. The summed E-state index contributed by atoms with van der Waals surface area (Å²) >= 11 is 0. The number of primary amides is 1. The Balaban J connectivity index is 2.15. The van der Waals surface area contributed by atoms with E-state index in [1.807, 2.05) is 13.8 Å². The first-order valence-electron chi connectivity index (χ1n) is 7.36. The lowest BCUT2D eigenvalue weighted by atomic mass is 9.76. The molecule has 2 amide bonds. The number of nitrogens with two attached hydrogens (primary N) is 1. The van der Waals surface area contributed by atoms with E-state index in [0.29, 0.717) is 24.1 Å². The molecule has 0 unspecified atom stereocenters. The molecule has 2 atom stereocenters. The van der Waals surface area contributed by atoms with Gasteiger partial charge < -0.3 is 21.0 Å². The number of carboxylic acid groups (broad SMARTS) is 1. The molecule has 0 saturated heterocycles. The van der Waals surface area contributed by atoms with Gasteiger partial charge in [-0.3, -0.25) is 9.59 Å². The number of aliphatic carboxylic acids is 1. The molecular formula is C17H19N2O4-. The standard InChI is InChI=1S/C17H20N2O4/c1-9-7-13(14(17(22)23)8-10(9)2)16(21)19-12-5-3-11(4-6-12)15(18)20/h3-6,13-14H,7-8H2,1-2H3,(H2,18,20)(H,19,21)(H,22,23)/p-1/t13-,14-/m0/s1. The number of hydrogen-bond donors (Lipinski definition) is 2. The number of carboxylic acids is 1. The Morgan fingerprint density at radius 1 is 1.04 bits per heavy atom. The predicted octanol–water partition coefficient (Wildman–Crippen LogP) is 0.837. The smallest absolute Gasteiger partial charge is 0.248 e. The third kappa shape index (κ3) is 3.77. The summed E-state index contributed by atoms with van der Waals surface area (Å²) in [6.45, 7) is 3.78. The molecule has 0 heterocycles. The average molecular weight is 315 g/mol. The van der Waals surface area contributed by atoms with Crippen LogP contribution in [0.5, 0.6) is 0 Å². The highest BCUT2D eigenvalue weighted by molar-refractivity contribution is 5.97. The molecule has 1 aromatic rings. The van der Waals surface area contributed by atoms with Crippen molar-refractivity contribution in [3.05, 3.63) is 41.0 Å². The van der Waals surface area contributed by atoms with Gasteiger partial charge in [-0.05, 0) is 51.0 Å². The van der Waals surface area contributed by atoms with Crippen molar-refractivity contribution in [2.75, 3.05) is 5.32 Å². The fourth-order valence-electron chi connectivity index (χ4n) is 2.77. The lowest BCUT2D eigenvalue weighted by Crippen LogP contribution is -2.42. The summed E-state index contributed by atoms with van der Waals surface area (Å²) in [7, 11) is 0. The van der Waals surface area contributed by atoms with Gasteiger partial charge in [-0.25, -0.2) is 0 Å². The van der Waals surface area contributed by atoms with Crippen LogP contribution in [-0.2, 0) is 9.59 Å². The first-order valence-corrected chi connectivity index (χ1v) is 7.36. The van der Waals surface area contributed by atoms with Crippen LogP contribution in [0.1, 0.15) is 37.0 Å². The fraction of sp³-hybridized carbons (Fsp3) is 0.353. The minimum absolute atomic E-state index is 0.326. The van der Waals surface area contributed by atoms with E-state index in [9.17, 15) is 19.5 Å². The van der Waals surface area contributed by atoms with Crippen LogP contribution >= 0.6 is 0 Å². The number of anilines is 1. The van der Waals surface area contributed by atoms with Crippen LogP contribution in [0.4, 0.5) is 5.69 Å². The fourth-order valence-corrected chi connectivity index (χ4v) is 2.77. The van der Waals surface area contributed by atoms with Crippen molar-refractivity contribution >= 4 is 23.5 Å². The summed E-state index contributed by atoms with van der Waals surface area (Å²) in [6.07, 6.45) is 0.725. The Labute approximate surface area is 134 Å². The number of rotatable bonds is 4. The van der Waals surface area contributed by atoms with Crippen molar-refractivity contribution in [1.82, 2.24) is 0 Å². The highest BCUT2D eigenvalue weighted by Crippen LogP contribution is 2.34. The lowest BCUT2D eigenvalue weighted by molar-refractivity contribution is -0.313. The second-order valence-corrected chi connectivity index (χ2v) is 5.93. The summed E-state index contributed by atoms with van der Waals surface area (Å²) in [5.74, 6) is -3.62. The number of benzene rings is 1. The number of carbonyl (C=O) groups is 3. The monoisotopic (exact) mass is 315 g/mol. The maximum absolute atomic E-state index is 12.4. The van der Waals surface area contributed by atoms with Crippen LogP contribution in [0.3, 0.4) is 0 Å². The summed E-state index contributed by atoms with van der Waals surface area (Å²) in [4.78, 5) is 34.8. The van der Waals surface area contributed by atoms with E-state index >= 15 is 0 Å². The molecule has 1 aliphatic rings. The van der Waals surface area contributed by atoms with E-state index in [-0.39, 0.29) is 5.91 Å². The molecule has 1 aromatic carbocycles. The Bertz CT molecular complexity index is 676. The Morgan fingerprint density at radius 2 is 1.57 bits per heavy atom. The molecule has 0 aromatic heterocycles. The van der Waals surface area contributed by atoms with Crippen LogP contribution in [-0.4, -0.2) is 17.8 Å². The number of allylic oxidation sites excluding steroid dienone is 2. The first-order chi connectivity index (χ1) is 10.8. The second kappa shape index (κ2) is 6.64. The van der Waals surface area contributed by atoms with Crippen molar-refractivity contribution in [1.29, 1.82) is 0 Å². The lowest BCUT2D eigenvalue weighted by Gasteiger charge is -2.32. The van der Waals surface area contributed by atoms with Crippen LogP contribution in [0.25, 0.3) is 0 Å². The molecule has 3 N–H and O–H groups in total. The van der Waals surface area contributed by atoms with Crippen molar-refractivity contribution < 1.29 is 19.5 Å². The molecule has 6 nitrogen and oxygen atoms in total. The largest absolute Gasteiger partial charge is 0.550 e. The topological polar surface area (TPSA) is 112 Å². The zero-order valence-electron chi connectivity index (χ0n) is 13.1. The maximum atomic E-state index is 12.4. The van der Waals surface area contributed by atoms with Gasteiger partial charge >= 0.3 is 0 Å². The molecule has 6 heteroatoms. The molecule has 0 radical (unpaired) electrons. The number of nitrogens with one attached hydrogen (secondary N) is 1. The quantitative estimate of drug-likeness (QED) is 0.801. The van der Waals surface area contributed by atoms with Crippen molar-refractivity contribution in [3.8, 4) is 0 Å². The van der Waals surface area contributed by atoms with E-state index in [2.05, 4.69) is 5.32 Å². The van der Waals surface area contributed by atoms with Gasteiger partial charge in [-0.15, -0.1) is 0 Å². The second-order valence-electron chi connectivity index (χ2n) is 5.93. The molecule has 2 rings (SSSR count). The highest BCUT2D eigenvalue weighted by Gasteiger charge is 2.33. The van der Waals surface area contributed by atoms with Gasteiger partial charge in [0.1, 0.15) is 0 Å². The maximum Gasteiger partial charge on any atom is 0.248 e. The van der Waals surface area contributed by atoms with Gasteiger partial charge in [0.2, 0.25) is 11.8 Å². The zero-order chi connectivity index (χ0) is 17.1. The molecule has 0 fully saturated rings. The zero-order valence-corrected chi connectivity index (χ0v) is 13.1. The number of hydrogen-bond acceptors (Lipinski definition) is 4. The Kier molecular flexibility index (Phi) is 4.83. The summed E-state index contributed by atoms with van der Waals surface area (Å²) < 4.78 is 0. The van der Waals surface area contributed by atoms with Crippen molar-refractivity contribution in [3.63, 3.8) is 0 Å². The minimum atomic E-state index is -1.21. The van der Waals surface area contributed by atoms with Gasteiger partial charge in [0, 0.05) is 23.1 Å². The number of carbonyl (C=O) groups excluding carboxylic acids is 3. The van der Waals surface area contributed by atoms with Crippen molar-refractivity contribution in [2.45, 2.75) is 26.7 Å². The van der Waals surface area contributed by atoms with E-state index in [4.69, 9.17) is 5.73 Å². The van der Waals surface area contributed by atoms with Gasteiger partial charge in [-0.2, -0.15) is 0 Å². The van der Waals surface area contributed by atoms with Crippen LogP contribution in [0.15, 0.2) is 35.4 Å². The number of amides is 2. The van der Waals surface area contributed by atoms with E-state index in [1.165, 1.54) is 12.1 Å². The van der Waals surface area contributed by atoms with Crippen LogP contribution < -0.4 is 16.2 Å². The Morgan fingerprint density at radius 3 is 2.04 bits per heavy atom. The summed E-state index contributed by atoms with van der Waals surface area (Å²) in [5.41, 5.74) is 8.01. The Hall–Kier alpha value is -2.63. The third-order valence-corrected chi connectivity index (χ3v) is 4.34. The summed E-state index contributed by atoms with van der Waals surface area (Å²) in [6, 6.07) is 6.13. The van der Waals surface area contributed by atoms with Gasteiger partial charge in [0.05, 0.1) is 5.92 Å². The molecule has 23 heavy (non-hydrogen) atoms. The molecule has 1 aliphatic carbocycles. The molecule has 0 aliphatic heterocycles. The van der Waals surface area contributed by atoms with Crippen LogP contribution in [0.2, 0.25) is 0 Å². The normalized spacial score (nSPS) is 21.0. The average Bonchev–Trinajstić information content (AvgIpc) is 2.49. The SMILES string of the molecule is CC1=C(C)C[C@H](C(=O)Nc2ccc(C(N)=O)cc2)[C@@H](C(=O)[O-])C1. The van der Waals surface area contributed by atoms with Crippen molar-refractivity contribution in [2.24, 2.45) is 17.6 Å². The van der Waals surface area contributed by atoms with Crippen LogP contribution in [0, 0.1) is 11.8 Å². The molecule has 122 valence electrons. The van der Waals surface area contributed by atoms with E-state index in [0.717, 1.165) is 11.1 Å². The molecule has 0 saturated carbocycles. The third-order valence-electron chi connectivity index (χ3n) is 4.34. The first kappa shape index (κ1) is 16.7. The molecule has 0 spiro atoms. The minimum Gasteiger partial charge on any atom is -0.550 e. The molecular weight excluding hydrogens is 296 g/mol.